The molecule has 0 heterocycles. The Hall–Kier alpha value is -2.07. The van der Waals surface area contributed by atoms with Crippen LogP contribution in [-0.4, -0.2) is 19.4 Å². The van der Waals surface area contributed by atoms with Crippen molar-refractivity contribution in [3.63, 3.8) is 0 Å². The number of allylic oxidation sites excluding steroid dienone is 2. The molecular formula is C20H26O4. The summed E-state index contributed by atoms with van der Waals surface area (Å²) in [6.07, 6.45) is 6.72. The fourth-order valence-corrected chi connectivity index (χ4v) is 2.74. The van der Waals surface area contributed by atoms with E-state index in [1.165, 1.54) is 17.2 Å². The largest absolute Gasteiger partial charge is 0.513 e. The van der Waals surface area contributed by atoms with E-state index >= 15 is 0 Å². The third-order valence-electron chi connectivity index (χ3n) is 3.93. The highest BCUT2D eigenvalue weighted by atomic mass is 16.7. The van der Waals surface area contributed by atoms with E-state index in [1.54, 1.807) is 0 Å². The van der Waals surface area contributed by atoms with E-state index in [9.17, 15) is 4.79 Å². The van der Waals surface area contributed by atoms with E-state index in [-0.39, 0.29) is 6.61 Å². The van der Waals surface area contributed by atoms with E-state index in [2.05, 4.69) is 18.7 Å². The molecule has 0 saturated heterocycles. The molecule has 0 unspecified atom stereocenters. The Balaban J connectivity index is 1.73. The van der Waals surface area contributed by atoms with Crippen molar-refractivity contribution in [3.8, 4) is 0 Å². The van der Waals surface area contributed by atoms with Gasteiger partial charge in [0.2, 0.25) is 0 Å². The van der Waals surface area contributed by atoms with Crippen LogP contribution in [0.2, 0.25) is 0 Å². The number of hydrogen-bond acceptors (Lipinski definition) is 4. The van der Waals surface area contributed by atoms with Gasteiger partial charge in [-0.15, -0.1) is 0 Å². The monoisotopic (exact) mass is 330 g/mol. The van der Waals surface area contributed by atoms with Gasteiger partial charge >= 0.3 is 6.16 Å². The van der Waals surface area contributed by atoms with Gasteiger partial charge in [0.25, 0.3) is 0 Å². The lowest BCUT2D eigenvalue weighted by Crippen LogP contribution is -2.11. The van der Waals surface area contributed by atoms with Gasteiger partial charge in [-0.05, 0) is 43.2 Å². The first-order valence-corrected chi connectivity index (χ1v) is 8.57. The smallest absolute Gasteiger partial charge is 0.430 e. The van der Waals surface area contributed by atoms with Crippen LogP contribution in [0.4, 0.5) is 4.79 Å². The second-order valence-corrected chi connectivity index (χ2v) is 5.83. The molecule has 0 bridgehead atoms. The van der Waals surface area contributed by atoms with Crippen LogP contribution in [0.15, 0.2) is 54.3 Å². The predicted molar refractivity (Wildman–Crippen MR) is 93.5 cm³/mol. The molecule has 0 radical (unpaired) electrons. The Bertz CT molecular complexity index is 548. The Labute approximate surface area is 144 Å². The van der Waals surface area contributed by atoms with E-state index in [4.69, 9.17) is 14.2 Å². The fraction of sp³-hybridized carbons (Fsp3) is 0.450. The molecule has 0 N–H and O–H groups in total. The van der Waals surface area contributed by atoms with Crippen LogP contribution in [-0.2, 0) is 20.8 Å². The second kappa shape index (κ2) is 10.7. The van der Waals surface area contributed by atoms with Crippen molar-refractivity contribution >= 4 is 6.16 Å². The maximum absolute atomic E-state index is 11.6. The molecule has 0 aliphatic heterocycles. The first-order chi connectivity index (χ1) is 11.8. The third kappa shape index (κ3) is 6.59. The quantitative estimate of drug-likeness (QED) is 0.357. The van der Waals surface area contributed by atoms with Crippen molar-refractivity contribution in [2.24, 2.45) is 0 Å². The highest BCUT2D eigenvalue weighted by molar-refractivity contribution is 5.61. The van der Waals surface area contributed by atoms with Crippen molar-refractivity contribution in [3.05, 3.63) is 59.9 Å². The molecule has 0 aromatic heterocycles. The summed E-state index contributed by atoms with van der Waals surface area (Å²) in [5.74, 6) is 0.790. The Kier molecular flexibility index (Phi) is 8.11. The molecule has 1 aromatic rings. The van der Waals surface area contributed by atoms with Crippen molar-refractivity contribution in [1.29, 1.82) is 0 Å². The summed E-state index contributed by atoms with van der Waals surface area (Å²) in [7, 11) is 0. The van der Waals surface area contributed by atoms with Crippen LogP contribution < -0.4 is 0 Å². The lowest BCUT2D eigenvalue weighted by atomic mass is 9.94. The summed E-state index contributed by atoms with van der Waals surface area (Å²) < 4.78 is 16.0. The number of rotatable bonds is 9. The highest BCUT2D eigenvalue weighted by Crippen LogP contribution is 2.29. The normalized spacial score (nSPS) is 14.3. The average molecular weight is 330 g/mol. The topological polar surface area (TPSA) is 44.8 Å². The van der Waals surface area contributed by atoms with Gasteiger partial charge in [-0.3, -0.25) is 0 Å². The molecule has 1 aromatic carbocycles. The van der Waals surface area contributed by atoms with Crippen LogP contribution in [0.5, 0.6) is 0 Å². The van der Waals surface area contributed by atoms with Crippen molar-refractivity contribution in [1.82, 2.24) is 0 Å². The number of ether oxygens (including phenoxy) is 3. The van der Waals surface area contributed by atoms with Crippen LogP contribution in [0, 0.1) is 0 Å². The van der Waals surface area contributed by atoms with Gasteiger partial charge in [-0.1, -0.05) is 43.0 Å². The minimum absolute atomic E-state index is 0.175. The van der Waals surface area contributed by atoms with Gasteiger partial charge in [-0.2, -0.15) is 0 Å². The molecule has 24 heavy (non-hydrogen) atoms. The zero-order valence-electron chi connectivity index (χ0n) is 14.2. The lowest BCUT2D eigenvalue weighted by molar-refractivity contribution is 0.0814. The number of carbonyl (C=O) groups excluding carboxylic acids is 1. The molecule has 4 heteroatoms. The molecule has 0 amide bonds. The summed E-state index contributed by atoms with van der Waals surface area (Å²) >= 11 is 0. The van der Waals surface area contributed by atoms with Crippen molar-refractivity contribution in [2.75, 3.05) is 13.2 Å². The first-order valence-electron chi connectivity index (χ1n) is 8.57. The van der Waals surface area contributed by atoms with Gasteiger partial charge in [0, 0.05) is 13.0 Å². The molecule has 1 aliphatic carbocycles. The summed E-state index contributed by atoms with van der Waals surface area (Å²) in [6.45, 7) is 5.03. The van der Waals surface area contributed by atoms with Crippen LogP contribution in [0.25, 0.3) is 0 Å². The number of carbonyl (C=O) groups is 1. The fourth-order valence-electron chi connectivity index (χ4n) is 2.74. The molecule has 0 atom stereocenters. The third-order valence-corrected chi connectivity index (χ3v) is 3.93. The minimum Gasteiger partial charge on any atom is -0.430 e. The number of hydrogen-bond donors (Lipinski definition) is 0. The maximum atomic E-state index is 11.6. The molecule has 130 valence electrons. The Morgan fingerprint density at radius 2 is 1.96 bits per heavy atom. The highest BCUT2D eigenvalue weighted by Gasteiger charge is 2.17. The summed E-state index contributed by atoms with van der Waals surface area (Å²) in [5, 5.41) is 0. The predicted octanol–water partition coefficient (Wildman–Crippen LogP) is 5.15. The van der Waals surface area contributed by atoms with Crippen molar-refractivity contribution < 1.29 is 19.0 Å². The van der Waals surface area contributed by atoms with Crippen LogP contribution >= 0.6 is 0 Å². The molecule has 0 fully saturated rings. The van der Waals surface area contributed by atoms with Gasteiger partial charge in [0.15, 0.2) is 0 Å². The van der Waals surface area contributed by atoms with E-state index in [0.29, 0.717) is 13.2 Å². The van der Waals surface area contributed by atoms with Crippen LogP contribution in [0.1, 0.15) is 44.1 Å². The standard InChI is InChI=1S/C20H26O4/c1-2-14-23-20(21)24-19-13-7-6-11-18(19)12-8-15-22-16-17-9-4-3-5-10-17/h2-5,9-10H,1,6-8,11-16H2. The molecule has 0 spiro atoms. The molecular weight excluding hydrogens is 304 g/mol. The number of benzene rings is 1. The van der Waals surface area contributed by atoms with Crippen LogP contribution in [0.3, 0.4) is 0 Å². The zero-order chi connectivity index (χ0) is 17.0. The first kappa shape index (κ1) is 18.3. The Morgan fingerprint density at radius 1 is 1.17 bits per heavy atom. The molecule has 2 rings (SSSR count). The Morgan fingerprint density at radius 3 is 2.75 bits per heavy atom. The second-order valence-electron chi connectivity index (χ2n) is 5.83. The zero-order valence-corrected chi connectivity index (χ0v) is 14.2. The average Bonchev–Trinajstić information content (AvgIpc) is 2.62. The van der Waals surface area contributed by atoms with Crippen molar-refractivity contribution in [2.45, 2.75) is 45.1 Å². The van der Waals surface area contributed by atoms with Gasteiger partial charge in [-0.25, -0.2) is 4.79 Å². The summed E-state index contributed by atoms with van der Waals surface area (Å²) in [5.41, 5.74) is 2.41. The van der Waals surface area contributed by atoms with Gasteiger partial charge < -0.3 is 14.2 Å². The summed E-state index contributed by atoms with van der Waals surface area (Å²) in [6, 6.07) is 10.1. The van der Waals surface area contributed by atoms with E-state index < -0.39 is 6.16 Å². The maximum Gasteiger partial charge on any atom is 0.513 e. The van der Waals surface area contributed by atoms with Gasteiger partial charge in [0.1, 0.15) is 12.4 Å². The summed E-state index contributed by atoms with van der Waals surface area (Å²) in [4.78, 5) is 11.6. The lowest BCUT2D eigenvalue weighted by Gasteiger charge is -2.19. The molecule has 0 saturated carbocycles. The van der Waals surface area contributed by atoms with Gasteiger partial charge in [0.05, 0.1) is 6.61 Å². The van der Waals surface area contributed by atoms with E-state index in [0.717, 1.165) is 44.3 Å². The van der Waals surface area contributed by atoms with E-state index in [1.807, 2.05) is 18.2 Å². The SMILES string of the molecule is C=CCOC(=O)OC1=C(CCCOCc2ccccc2)CCCC1. The molecule has 4 nitrogen and oxygen atoms in total. The minimum atomic E-state index is -0.635. The molecule has 1 aliphatic rings.